The Morgan fingerprint density at radius 1 is 1.29 bits per heavy atom. The predicted molar refractivity (Wildman–Crippen MR) is 119 cm³/mol. The summed E-state index contributed by atoms with van der Waals surface area (Å²) in [6.45, 7) is 6.67. The first-order chi connectivity index (χ1) is 14.7. The Labute approximate surface area is 180 Å². The number of halogens is 1. The van der Waals surface area contributed by atoms with E-state index in [-0.39, 0.29) is 17.3 Å². The van der Waals surface area contributed by atoms with Gasteiger partial charge in [0.05, 0.1) is 22.3 Å². The van der Waals surface area contributed by atoms with Gasteiger partial charge in [0.2, 0.25) is 10.0 Å². The molecule has 2 aromatic heterocycles. The van der Waals surface area contributed by atoms with E-state index in [9.17, 15) is 17.6 Å². The number of aryl methyl sites for hydroxylation is 1. The third-order valence-corrected chi connectivity index (χ3v) is 8.28. The van der Waals surface area contributed by atoms with Crippen LogP contribution in [0.3, 0.4) is 0 Å². The highest BCUT2D eigenvalue weighted by molar-refractivity contribution is 7.89. The maximum Gasteiger partial charge on any atom is 0.251 e. The Kier molecular flexibility index (Phi) is 5.74. The number of sulfonamides is 1. The quantitative estimate of drug-likeness (QED) is 0.650. The number of aromatic nitrogens is 3. The van der Waals surface area contributed by atoms with Gasteiger partial charge in [0.25, 0.3) is 5.56 Å². The van der Waals surface area contributed by atoms with Crippen LogP contribution < -0.4 is 5.56 Å². The van der Waals surface area contributed by atoms with Crippen LogP contribution in [-0.4, -0.2) is 45.8 Å². The SMILES string of the molecule is CCn1ncc2c(F)cc(-c3ccc(C4CCCN(S(=O)(=O)C(C)C)C4)c(=O)[nH]3)cc21. The first-order valence-electron chi connectivity index (χ1n) is 10.6. The molecule has 1 N–H and O–H groups in total. The van der Waals surface area contributed by atoms with E-state index in [1.165, 1.54) is 16.6 Å². The molecule has 3 aromatic rings. The zero-order valence-electron chi connectivity index (χ0n) is 17.9. The van der Waals surface area contributed by atoms with Crippen molar-refractivity contribution in [2.24, 2.45) is 0 Å². The molecule has 0 bridgehead atoms. The second kappa shape index (κ2) is 8.20. The molecule has 0 aliphatic carbocycles. The molecule has 0 radical (unpaired) electrons. The fraction of sp³-hybridized carbons (Fsp3) is 0.455. The molecule has 1 saturated heterocycles. The first-order valence-corrected chi connectivity index (χ1v) is 12.1. The van der Waals surface area contributed by atoms with Crippen molar-refractivity contribution in [3.63, 3.8) is 0 Å². The smallest absolute Gasteiger partial charge is 0.251 e. The highest BCUT2D eigenvalue weighted by atomic mass is 32.2. The number of nitrogens with zero attached hydrogens (tertiary/aromatic N) is 3. The van der Waals surface area contributed by atoms with Gasteiger partial charge < -0.3 is 4.98 Å². The molecule has 0 saturated carbocycles. The third-order valence-electron chi connectivity index (χ3n) is 6.04. The average Bonchev–Trinajstić information content (AvgIpc) is 3.17. The summed E-state index contributed by atoms with van der Waals surface area (Å²) in [4.78, 5) is 15.8. The van der Waals surface area contributed by atoms with E-state index in [1.807, 2.05) is 13.0 Å². The summed E-state index contributed by atoms with van der Waals surface area (Å²) in [5, 5.41) is 4.14. The molecular formula is C22H27FN4O3S. The number of aromatic amines is 1. The third kappa shape index (κ3) is 3.92. The van der Waals surface area contributed by atoms with Crippen LogP contribution in [0.4, 0.5) is 4.39 Å². The van der Waals surface area contributed by atoms with E-state index in [1.54, 1.807) is 30.7 Å². The number of rotatable bonds is 5. The Morgan fingerprint density at radius 2 is 2.06 bits per heavy atom. The fourth-order valence-electron chi connectivity index (χ4n) is 4.24. The number of H-pyrrole nitrogens is 1. The standard InChI is InChI=1S/C22H27FN4O3S/c1-4-27-21-11-16(10-19(23)18(21)12-24-27)20-8-7-17(22(28)25-20)15-6-5-9-26(13-15)31(29,30)14(2)3/h7-8,10-12,14-15H,4-6,9,13H2,1-3H3,(H,25,28). The molecule has 7 nitrogen and oxygen atoms in total. The van der Waals surface area contributed by atoms with Gasteiger partial charge in [-0.25, -0.2) is 17.1 Å². The van der Waals surface area contributed by atoms with Crippen LogP contribution in [0.25, 0.3) is 22.2 Å². The predicted octanol–water partition coefficient (Wildman–Crippen LogP) is 3.47. The molecule has 166 valence electrons. The summed E-state index contributed by atoms with van der Waals surface area (Å²) < 4.78 is 42.9. The number of benzene rings is 1. The number of nitrogens with one attached hydrogen (secondary N) is 1. The largest absolute Gasteiger partial charge is 0.322 e. The first kappa shape index (κ1) is 21.7. The zero-order valence-corrected chi connectivity index (χ0v) is 18.7. The molecule has 1 fully saturated rings. The van der Waals surface area contributed by atoms with Crippen molar-refractivity contribution in [1.29, 1.82) is 0 Å². The Bertz CT molecular complexity index is 1280. The summed E-state index contributed by atoms with van der Waals surface area (Å²) in [5.74, 6) is -0.556. The van der Waals surface area contributed by atoms with Crippen LogP contribution >= 0.6 is 0 Å². The summed E-state index contributed by atoms with van der Waals surface area (Å²) in [7, 11) is -3.36. The molecule has 1 aliphatic heterocycles. The van der Waals surface area contributed by atoms with Gasteiger partial charge in [-0.05, 0) is 51.8 Å². The Morgan fingerprint density at radius 3 is 2.74 bits per heavy atom. The lowest BCUT2D eigenvalue weighted by Crippen LogP contribution is -2.43. The van der Waals surface area contributed by atoms with Crippen molar-refractivity contribution in [3.8, 4) is 11.3 Å². The number of hydrogen-bond donors (Lipinski definition) is 1. The molecule has 1 aliphatic rings. The highest BCUT2D eigenvalue weighted by Crippen LogP contribution is 2.29. The molecule has 1 unspecified atom stereocenters. The minimum absolute atomic E-state index is 0.166. The lowest BCUT2D eigenvalue weighted by Gasteiger charge is -2.33. The molecule has 31 heavy (non-hydrogen) atoms. The minimum Gasteiger partial charge on any atom is -0.322 e. The van der Waals surface area contributed by atoms with E-state index in [0.29, 0.717) is 53.8 Å². The van der Waals surface area contributed by atoms with E-state index >= 15 is 0 Å². The van der Waals surface area contributed by atoms with Crippen LogP contribution in [0.15, 0.2) is 35.3 Å². The lowest BCUT2D eigenvalue weighted by molar-refractivity contribution is 0.312. The van der Waals surface area contributed by atoms with Crippen LogP contribution in [0.1, 0.15) is 45.1 Å². The average molecular weight is 447 g/mol. The van der Waals surface area contributed by atoms with E-state index in [2.05, 4.69) is 10.1 Å². The van der Waals surface area contributed by atoms with Crippen LogP contribution in [0, 0.1) is 5.82 Å². The Hall–Kier alpha value is -2.52. The maximum absolute atomic E-state index is 14.6. The summed E-state index contributed by atoms with van der Waals surface area (Å²) in [6.07, 6.45) is 2.97. The van der Waals surface area contributed by atoms with Gasteiger partial charge in [0, 0.05) is 42.4 Å². The van der Waals surface area contributed by atoms with Crippen molar-refractivity contribution in [2.75, 3.05) is 13.1 Å². The van der Waals surface area contributed by atoms with Gasteiger partial charge in [-0.3, -0.25) is 9.48 Å². The number of fused-ring (bicyclic) bond motifs is 1. The maximum atomic E-state index is 14.6. The second-order valence-electron chi connectivity index (χ2n) is 8.30. The normalized spacial score (nSPS) is 18.2. The second-order valence-corrected chi connectivity index (χ2v) is 10.8. The molecule has 3 heterocycles. The zero-order chi connectivity index (χ0) is 22.3. The van der Waals surface area contributed by atoms with Crippen LogP contribution in [-0.2, 0) is 16.6 Å². The topological polar surface area (TPSA) is 88.1 Å². The van der Waals surface area contributed by atoms with Crippen molar-refractivity contribution >= 4 is 20.9 Å². The molecular weight excluding hydrogens is 419 g/mol. The Balaban J connectivity index is 1.66. The molecule has 4 rings (SSSR count). The molecule has 1 aromatic carbocycles. The van der Waals surface area contributed by atoms with Gasteiger partial charge in [-0.15, -0.1) is 0 Å². The van der Waals surface area contributed by atoms with E-state index < -0.39 is 15.3 Å². The van der Waals surface area contributed by atoms with Crippen molar-refractivity contribution in [1.82, 2.24) is 19.1 Å². The van der Waals surface area contributed by atoms with Gasteiger partial charge in [-0.2, -0.15) is 5.10 Å². The van der Waals surface area contributed by atoms with Gasteiger partial charge in [0.15, 0.2) is 0 Å². The monoisotopic (exact) mass is 446 g/mol. The van der Waals surface area contributed by atoms with E-state index in [4.69, 9.17) is 0 Å². The number of pyridine rings is 1. The fourth-order valence-corrected chi connectivity index (χ4v) is 5.61. The summed E-state index contributed by atoms with van der Waals surface area (Å²) in [6, 6.07) is 6.72. The summed E-state index contributed by atoms with van der Waals surface area (Å²) in [5.41, 5.74) is 2.05. The lowest BCUT2D eigenvalue weighted by atomic mass is 9.92. The molecule has 1 atom stereocenters. The van der Waals surface area contributed by atoms with Crippen LogP contribution in [0.5, 0.6) is 0 Å². The van der Waals surface area contributed by atoms with Crippen molar-refractivity contribution in [3.05, 3.63) is 52.2 Å². The molecule has 0 amide bonds. The minimum atomic E-state index is -3.36. The molecule has 0 spiro atoms. The van der Waals surface area contributed by atoms with Crippen molar-refractivity contribution < 1.29 is 12.8 Å². The van der Waals surface area contributed by atoms with Gasteiger partial charge >= 0.3 is 0 Å². The van der Waals surface area contributed by atoms with Gasteiger partial charge in [0.1, 0.15) is 5.82 Å². The van der Waals surface area contributed by atoms with E-state index in [0.717, 1.165) is 6.42 Å². The number of hydrogen-bond acceptors (Lipinski definition) is 4. The molecule has 9 heteroatoms. The highest BCUT2D eigenvalue weighted by Gasteiger charge is 2.32. The van der Waals surface area contributed by atoms with Crippen LogP contribution in [0.2, 0.25) is 0 Å². The summed E-state index contributed by atoms with van der Waals surface area (Å²) >= 11 is 0. The van der Waals surface area contributed by atoms with Crippen molar-refractivity contribution in [2.45, 2.75) is 51.3 Å². The van der Waals surface area contributed by atoms with Gasteiger partial charge in [-0.1, -0.05) is 6.07 Å². The number of piperidine rings is 1.